The summed E-state index contributed by atoms with van der Waals surface area (Å²) in [6.45, 7) is 0.437. The summed E-state index contributed by atoms with van der Waals surface area (Å²) in [6.07, 6.45) is 4.37. The molecule has 0 bridgehead atoms. The molecule has 2 aliphatic carbocycles. The molecule has 2 saturated carbocycles. The van der Waals surface area contributed by atoms with E-state index in [4.69, 9.17) is 0 Å². The number of halogens is 2. The van der Waals surface area contributed by atoms with Crippen LogP contribution in [0.5, 0.6) is 0 Å². The van der Waals surface area contributed by atoms with Crippen molar-refractivity contribution < 1.29 is 22.0 Å². The molecule has 1 aliphatic heterocycles. The lowest BCUT2D eigenvalue weighted by atomic mass is 9.84. The molecule has 176 valence electrons. The van der Waals surface area contributed by atoms with Crippen LogP contribution >= 0.6 is 0 Å². The fourth-order valence-corrected chi connectivity index (χ4v) is 6.22. The monoisotopic (exact) mass is 474 g/mol. The SMILES string of the molecule is O=C(C1CCC1)N1CC2(CC2)[C@H](NS(=O)(=O)CF)[C@@H]1Cc1cccc(-c2ccccc2)c1F. The highest BCUT2D eigenvalue weighted by atomic mass is 32.2. The number of nitrogens with one attached hydrogen (secondary N) is 1. The van der Waals surface area contributed by atoms with Gasteiger partial charge in [0.25, 0.3) is 0 Å². The van der Waals surface area contributed by atoms with Crippen LogP contribution in [0.25, 0.3) is 11.1 Å². The van der Waals surface area contributed by atoms with Crippen LogP contribution in [0.2, 0.25) is 0 Å². The first-order valence-electron chi connectivity index (χ1n) is 11.5. The summed E-state index contributed by atoms with van der Waals surface area (Å²) in [4.78, 5) is 15.0. The van der Waals surface area contributed by atoms with Crippen molar-refractivity contribution in [3.63, 3.8) is 0 Å². The molecule has 3 aliphatic rings. The van der Waals surface area contributed by atoms with E-state index in [0.29, 0.717) is 17.7 Å². The van der Waals surface area contributed by atoms with Crippen LogP contribution in [0, 0.1) is 17.2 Å². The molecule has 1 amide bonds. The van der Waals surface area contributed by atoms with Crippen molar-refractivity contribution >= 4 is 15.9 Å². The molecule has 1 heterocycles. The molecule has 0 aromatic heterocycles. The molecular weight excluding hydrogens is 446 g/mol. The number of rotatable bonds is 7. The molecule has 3 fully saturated rings. The number of nitrogens with zero attached hydrogens (tertiary/aromatic N) is 1. The van der Waals surface area contributed by atoms with Gasteiger partial charge in [0, 0.05) is 29.5 Å². The quantitative estimate of drug-likeness (QED) is 0.659. The van der Waals surface area contributed by atoms with Gasteiger partial charge in [-0.15, -0.1) is 0 Å². The zero-order valence-corrected chi connectivity index (χ0v) is 19.2. The van der Waals surface area contributed by atoms with Gasteiger partial charge in [-0.3, -0.25) is 4.79 Å². The van der Waals surface area contributed by atoms with Crippen LogP contribution in [0.1, 0.15) is 37.7 Å². The second-order valence-corrected chi connectivity index (χ2v) is 11.4. The van der Waals surface area contributed by atoms with Crippen molar-refractivity contribution in [3.8, 4) is 11.1 Å². The maximum atomic E-state index is 15.6. The van der Waals surface area contributed by atoms with Gasteiger partial charge in [-0.1, -0.05) is 55.0 Å². The van der Waals surface area contributed by atoms with Gasteiger partial charge in [-0.05, 0) is 43.2 Å². The third kappa shape index (κ3) is 4.19. The summed E-state index contributed by atoms with van der Waals surface area (Å²) >= 11 is 0. The van der Waals surface area contributed by atoms with Gasteiger partial charge < -0.3 is 4.90 Å². The maximum Gasteiger partial charge on any atom is 0.241 e. The van der Waals surface area contributed by atoms with E-state index < -0.39 is 28.1 Å². The first-order chi connectivity index (χ1) is 15.8. The Morgan fingerprint density at radius 3 is 2.42 bits per heavy atom. The summed E-state index contributed by atoms with van der Waals surface area (Å²) in [5.74, 6) is -0.414. The van der Waals surface area contributed by atoms with E-state index in [-0.39, 0.29) is 29.5 Å². The van der Waals surface area contributed by atoms with Crippen molar-refractivity contribution in [1.82, 2.24) is 9.62 Å². The Morgan fingerprint density at radius 2 is 1.82 bits per heavy atom. The number of carbonyl (C=O) groups is 1. The van der Waals surface area contributed by atoms with E-state index in [1.807, 2.05) is 30.3 Å². The lowest BCUT2D eigenvalue weighted by molar-refractivity contribution is -0.139. The lowest BCUT2D eigenvalue weighted by Crippen LogP contribution is -2.51. The topological polar surface area (TPSA) is 66.5 Å². The lowest BCUT2D eigenvalue weighted by Gasteiger charge is -2.34. The molecule has 2 aromatic rings. The molecule has 1 N–H and O–H groups in total. The molecule has 0 radical (unpaired) electrons. The number of hydrogen-bond donors (Lipinski definition) is 1. The van der Waals surface area contributed by atoms with E-state index in [2.05, 4.69) is 4.72 Å². The molecule has 5 rings (SSSR count). The molecule has 1 spiro atoms. The Balaban J connectivity index is 1.50. The predicted molar refractivity (Wildman–Crippen MR) is 122 cm³/mol. The average molecular weight is 475 g/mol. The summed E-state index contributed by atoms with van der Waals surface area (Å²) < 4.78 is 55.7. The van der Waals surface area contributed by atoms with Gasteiger partial charge >= 0.3 is 0 Å². The van der Waals surface area contributed by atoms with E-state index in [0.717, 1.165) is 37.7 Å². The van der Waals surface area contributed by atoms with Gasteiger partial charge in [0.1, 0.15) is 5.82 Å². The zero-order chi connectivity index (χ0) is 23.2. The van der Waals surface area contributed by atoms with Crippen molar-refractivity contribution in [2.75, 3.05) is 12.6 Å². The maximum absolute atomic E-state index is 15.6. The van der Waals surface area contributed by atoms with Crippen LogP contribution < -0.4 is 4.72 Å². The van der Waals surface area contributed by atoms with Gasteiger partial charge in [0.2, 0.25) is 21.9 Å². The minimum atomic E-state index is -4.13. The Bertz CT molecular complexity index is 1150. The Hall–Kier alpha value is -2.32. The number of alkyl halides is 1. The van der Waals surface area contributed by atoms with Gasteiger partial charge in [-0.25, -0.2) is 21.9 Å². The number of likely N-dealkylation sites (tertiary alicyclic amines) is 1. The van der Waals surface area contributed by atoms with Crippen LogP contribution in [-0.4, -0.2) is 43.9 Å². The minimum Gasteiger partial charge on any atom is -0.337 e. The van der Waals surface area contributed by atoms with Crippen LogP contribution in [-0.2, 0) is 21.2 Å². The first-order valence-corrected chi connectivity index (χ1v) is 13.2. The minimum absolute atomic E-state index is 0.0130. The van der Waals surface area contributed by atoms with Gasteiger partial charge in [0.05, 0.1) is 6.04 Å². The van der Waals surface area contributed by atoms with Crippen LogP contribution in [0.4, 0.5) is 8.78 Å². The first kappa shape index (κ1) is 22.5. The van der Waals surface area contributed by atoms with Crippen molar-refractivity contribution in [3.05, 3.63) is 59.9 Å². The highest BCUT2D eigenvalue weighted by Crippen LogP contribution is 2.56. The molecule has 1 saturated heterocycles. The molecular formula is C25H28F2N2O3S. The number of amides is 1. The normalized spacial score (nSPS) is 24.1. The highest BCUT2D eigenvalue weighted by Gasteiger charge is 2.61. The molecule has 2 atom stereocenters. The average Bonchev–Trinajstić information content (AvgIpc) is 3.49. The number of benzene rings is 2. The van der Waals surface area contributed by atoms with E-state index in [1.54, 1.807) is 23.1 Å². The Morgan fingerprint density at radius 1 is 1.09 bits per heavy atom. The van der Waals surface area contributed by atoms with Crippen LogP contribution in [0.3, 0.4) is 0 Å². The number of hydrogen-bond acceptors (Lipinski definition) is 3. The summed E-state index contributed by atoms with van der Waals surface area (Å²) in [5.41, 5.74) is 1.25. The second kappa shape index (κ2) is 8.47. The zero-order valence-electron chi connectivity index (χ0n) is 18.3. The predicted octanol–water partition coefficient (Wildman–Crippen LogP) is 4.04. The largest absolute Gasteiger partial charge is 0.337 e. The Labute approximate surface area is 193 Å². The Kier molecular flexibility index (Phi) is 5.77. The summed E-state index contributed by atoms with van der Waals surface area (Å²) in [5, 5.41) is 0. The van der Waals surface area contributed by atoms with Gasteiger partial charge in [-0.2, -0.15) is 0 Å². The summed E-state index contributed by atoms with van der Waals surface area (Å²) in [6, 6.07) is 11.7. The number of sulfonamides is 1. The van der Waals surface area contributed by atoms with Crippen molar-refractivity contribution in [2.45, 2.75) is 50.6 Å². The van der Waals surface area contributed by atoms with Gasteiger partial charge in [0.15, 0.2) is 0 Å². The number of carbonyl (C=O) groups excluding carboxylic acids is 1. The van der Waals surface area contributed by atoms with E-state index >= 15 is 4.39 Å². The second-order valence-electron chi connectivity index (χ2n) is 9.69. The molecule has 2 aromatic carbocycles. The van der Waals surface area contributed by atoms with E-state index in [1.165, 1.54) is 0 Å². The smallest absolute Gasteiger partial charge is 0.241 e. The summed E-state index contributed by atoms with van der Waals surface area (Å²) in [7, 11) is -4.13. The van der Waals surface area contributed by atoms with Crippen LogP contribution in [0.15, 0.2) is 48.5 Å². The third-order valence-electron chi connectivity index (χ3n) is 7.60. The third-order valence-corrected chi connectivity index (χ3v) is 8.50. The fourth-order valence-electron chi connectivity index (χ4n) is 5.36. The molecule has 0 unspecified atom stereocenters. The van der Waals surface area contributed by atoms with Crippen molar-refractivity contribution in [1.29, 1.82) is 0 Å². The molecule has 5 nitrogen and oxygen atoms in total. The molecule has 33 heavy (non-hydrogen) atoms. The van der Waals surface area contributed by atoms with E-state index in [9.17, 15) is 17.6 Å². The fraction of sp³-hybridized carbons (Fsp3) is 0.480. The highest BCUT2D eigenvalue weighted by molar-refractivity contribution is 7.89. The standard InChI is InChI=1S/C25H28F2N2O3S/c26-16-33(31,32)28-23-21(29(15-25(23)12-13-25)24(30)18-8-4-9-18)14-19-10-5-11-20(22(19)27)17-6-2-1-3-7-17/h1-3,5-7,10-11,18,21,23,28H,4,8-9,12-16H2/t21-,23+/m0/s1. The molecule has 8 heteroatoms. The van der Waals surface area contributed by atoms with Crippen molar-refractivity contribution in [2.24, 2.45) is 11.3 Å².